The monoisotopic (exact) mass is 457 g/mol. The number of amides is 2. The van der Waals surface area contributed by atoms with Crippen LogP contribution in [0.1, 0.15) is 38.3 Å². The fourth-order valence-corrected chi connectivity index (χ4v) is 3.43. The van der Waals surface area contributed by atoms with Crippen molar-refractivity contribution in [1.29, 1.82) is 0 Å². The molecule has 0 fully saturated rings. The molecule has 0 bridgehead atoms. The summed E-state index contributed by atoms with van der Waals surface area (Å²) in [7, 11) is 1.32. The van der Waals surface area contributed by atoms with Gasteiger partial charge in [0.15, 0.2) is 6.61 Å². The van der Waals surface area contributed by atoms with Crippen molar-refractivity contribution < 1.29 is 24.0 Å². The van der Waals surface area contributed by atoms with Crippen LogP contribution in [-0.4, -0.2) is 47.4 Å². The lowest BCUT2D eigenvalue weighted by Crippen LogP contribution is -2.51. The van der Waals surface area contributed by atoms with Gasteiger partial charge in [-0.2, -0.15) is 0 Å². The Morgan fingerprint density at radius 1 is 1.18 bits per heavy atom. The number of nitro groups is 1. The molecule has 1 N–H and O–H groups in total. The van der Waals surface area contributed by atoms with Crippen LogP contribution in [-0.2, 0) is 16.1 Å². The topological polar surface area (TPSA) is 111 Å². The zero-order valence-corrected chi connectivity index (χ0v) is 19.7. The Kier molecular flexibility index (Phi) is 9.20. The first-order valence-electron chi connectivity index (χ1n) is 10.8. The zero-order valence-electron chi connectivity index (χ0n) is 19.7. The normalized spacial score (nSPS) is 11.6. The van der Waals surface area contributed by atoms with Crippen LogP contribution in [0, 0.1) is 17.0 Å². The Hall–Kier alpha value is -3.62. The summed E-state index contributed by atoms with van der Waals surface area (Å²) in [5.41, 5.74) is 1.75. The maximum absolute atomic E-state index is 13.2. The molecule has 178 valence electrons. The van der Waals surface area contributed by atoms with E-state index in [4.69, 9.17) is 9.47 Å². The minimum absolute atomic E-state index is 0.0318. The number of carbonyl (C=O) groups excluding carboxylic acids is 2. The van der Waals surface area contributed by atoms with Crippen molar-refractivity contribution in [2.75, 3.05) is 13.7 Å². The van der Waals surface area contributed by atoms with Crippen LogP contribution in [0.3, 0.4) is 0 Å². The zero-order chi connectivity index (χ0) is 24.5. The third-order valence-electron chi connectivity index (χ3n) is 4.96. The first-order chi connectivity index (χ1) is 15.7. The molecule has 33 heavy (non-hydrogen) atoms. The Morgan fingerprint density at radius 2 is 1.91 bits per heavy atom. The van der Waals surface area contributed by atoms with Crippen LogP contribution >= 0.6 is 0 Å². The van der Waals surface area contributed by atoms with Crippen LogP contribution in [0.25, 0.3) is 0 Å². The van der Waals surface area contributed by atoms with Gasteiger partial charge in [0.05, 0.1) is 12.0 Å². The molecule has 2 rings (SSSR count). The molecule has 0 aliphatic heterocycles. The second kappa shape index (κ2) is 11.8. The summed E-state index contributed by atoms with van der Waals surface area (Å²) >= 11 is 0. The van der Waals surface area contributed by atoms with Crippen LogP contribution in [0.5, 0.6) is 11.5 Å². The molecule has 2 amide bonds. The van der Waals surface area contributed by atoms with Crippen molar-refractivity contribution in [2.24, 2.45) is 0 Å². The van der Waals surface area contributed by atoms with Crippen molar-refractivity contribution in [1.82, 2.24) is 10.2 Å². The first kappa shape index (κ1) is 25.6. The fourth-order valence-electron chi connectivity index (χ4n) is 3.43. The molecule has 0 spiro atoms. The van der Waals surface area contributed by atoms with Crippen molar-refractivity contribution in [3.63, 3.8) is 0 Å². The number of nitrogens with zero attached hydrogens (tertiary/aromatic N) is 2. The average molecular weight is 458 g/mol. The van der Waals surface area contributed by atoms with Gasteiger partial charge in [-0.25, -0.2) is 0 Å². The van der Waals surface area contributed by atoms with E-state index in [0.29, 0.717) is 6.42 Å². The minimum atomic E-state index is -0.671. The van der Waals surface area contributed by atoms with E-state index in [1.165, 1.54) is 30.2 Å². The van der Waals surface area contributed by atoms with Gasteiger partial charge >= 0.3 is 5.69 Å². The summed E-state index contributed by atoms with van der Waals surface area (Å²) in [6.07, 6.45) is 0.432. The van der Waals surface area contributed by atoms with Gasteiger partial charge < -0.3 is 19.7 Å². The minimum Gasteiger partial charge on any atom is -0.490 e. The van der Waals surface area contributed by atoms with Gasteiger partial charge in [-0.1, -0.05) is 36.8 Å². The summed E-state index contributed by atoms with van der Waals surface area (Å²) < 4.78 is 10.7. The van der Waals surface area contributed by atoms with E-state index in [9.17, 15) is 19.7 Å². The third kappa shape index (κ3) is 7.20. The molecular formula is C24H31N3O6. The Bertz CT molecular complexity index is 992. The maximum atomic E-state index is 13.2. The maximum Gasteiger partial charge on any atom is 0.311 e. The summed E-state index contributed by atoms with van der Waals surface area (Å²) in [6.45, 7) is 7.45. The van der Waals surface area contributed by atoms with Crippen molar-refractivity contribution >= 4 is 17.5 Å². The number of methoxy groups -OCH3 is 1. The van der Waals surface area contributed by atoms with Crippen LogP contribution in [0.4, 0.5) is 5.69 Å². The highest BCUT2D eigenvalue weighted by Gasteiger charge is 2.29. The second-order valence-corrected chi connectivity index (χ2v) is 7.98. The number of hydrogen-bond acceptors (Lipinski definition) is 6. The highest BCUT2D eigenvalue weighted by atomic mass is 16.6. The Morgan fingerprint density at radius 3 is 2.48 bits per heavy atom. The largest absolute Gasteiger partial charge is 0.490 e. The Balaban J connectivity index is 2.25. The van der Waals surface area contributed by atoms with E-state index < -0.39 is 11.0 Å². The number of carbonyl (C=O) groups is 2. The molecule has 0 saturated heterocycles. The van der Waals surface area contributed by atoms with Crippen LogP contribution < -0.4 is 14.8 Å². The summed E-state index contributed by atoms with van der Waals surface area (Å²) in [5, 5.41) is 14.0. The molecule has 9 heteroatoms. The summed E-state index contributed by atoms with van der Waals surface area (Å²) in [6, 6.07) is 11.0. The number of nitro benzene ring substituents is 1. The van der Waals surface area contributed by atoms with Crippen LogP contribution in [0.15, 0.2) is 42.5 Å². The summed E-state index contributed by atoms with van der Waals surface area (Å²) in [5.74, 6) is -0.324. The molecule has 2 aromatic rings. The molecular weight excluding hydrogens is 426 g/mol. The van der Waals surface area contributed by atoms with Gasteiger partial charge in [-0.3, -0.25) is 19.7 Å². The van der Waals surface area contributed by atoms with Crippen LogP contribution in [0.2, 0.25) is 0 Å². The molecule has 9 nitrogen and oxygen atoms in total. The van der Waals surface area contributed by atoms with Gasteiger partial charge in [0, 0.05) is 24.7 Å². The lowest BCUT2D eigenvalue weighted by atomic mass is 10.1. The smallest absolute Gasteiger partial charge is 0.311 e. The van der Waals surface area contributed by atoms with E-state index in [2.05, 4.69) is 5.32 Å². The second-order valence-electron chi connectivity index (χ2n) is 7.98. The fraction of sp³-hybridized carbons (Fsp3) is 0.417. The number of ether oxygens (including phenoxy) is 2. The predicted molar refractivity (Wildman–Crippen MR) is 124 cm³/mol. The van der Waals surface area contributed by atoms with Gasteiger partial charge in [-0.15, -0.1) is 0 Å². The van der Waals surface area contributed by atoms with Crippen molar-refractivity contribution in [3.8, 4) is 11.5 Å². The molecule has 0 heterocycles. The van der Waals surface area contributed by atoms with Gasteiger partial charge in [0.1, 0.15) is 11.8 Å². The van der Waals surface area contributed by atoms with E-state index >= 15 is 0 Å². The van der Waals surface area contributed by atoms with E-state index in [0.717, 1.165) is 11.1 Å². The average Bonchev–Trinajstić information content (AvgIpc) is 2.76. The number of benzene rings is 2. The molecule has 1 unspecified atom stereocenters. The van der Waals surface area contributed by atoms with E-state index in [1.807, 2.05) is 52.0 Å². The Labute approximate surface area is 193 Å². The third-order valence-corrected chi connectivity index (χ3v) is 4.96. The van der Waals surface area contributed by atoms with Gasteiger partial charge in [0.2, 0.25) is 11.7 Å². The molecule has 0 aromatic heterocycles. The van der Waals surface area contributed by atoms with E-state index in [1.54, 1.807) is 0 Å². The number of rotatable bonds is 11. The molecule has 0 radical (unpaired) electrons. The van der Waals surface area contributed by atoms with Gasteiger partial charge in [-0.05, 0) is 38.8 Å². The van der Waals surface area contributed by atoms with Crippen molar-refractivity contribution in [2.45, 2.75) is 52.7 Å². The van der Waals surface area contributed by atoms with Crippen molar-refractivity contribution in [3.05, 3.63) is 63.7 Å². The molecule has 0 aliphatic rings. The highest BCUT2D eigenvalue weighted by Crippen LogP contribution is 2.30. The molecule has 0 aliphatic carbocycles. The number of aryl methyl sites for hydroxylation is 1. The molecule has 2 aromatic carbocycles. The summed E-state index contributed by atoms with van der Waals surface area (Å²) in [4.78, 5) is 38.1. The standard InChI is InChI=1S/C24H31N3O6/c1-6-20(24(29)25-16(2)3)26(14-18-9-7-8-17(4)12-18)23(28)15-33-19-10-11-21(27(30)31)22(13-19)32-5/h7-13,16,20H,6,14-15H2,1-5H3,(H,25,29). The SMILES string of the molecule is CCC(C(=O)NC(C)C)N(Cc1cccc(C)c1)C(=O)COc1ccc([N+](=O)[O-])c(OC)c1. The molecule has 0 saturated carbocycles. The lowest BCUT2D eigenvalue weighted by molar-refractivity contribution is -0.385. The predicted octanol–water partition coefficient (Wildman–Crippen LogP) is 3.62. The van der Waals surface area contributed by atoms with Gasteiger partial charge in [0.25, 0.3) is 5.91 Å². The number of nitrogens with one attached hydrogen (secondary N) is 1. The highest BCUT2D eigenvalue weighted by molar-refractivity contribution is 5.88. The first-order valence-corrected chi connectivity index (χ1v) is 10.8. The van der Waals surface area contributed by atoms with E-state index in [-0.39, 0.29) is 48.2 Å². The molecule has 1 atom stereocenters. The lowest BCUT2D eigenvalue weighted by Gasteiger charge is -2.31. The number of hydrogen-bond donors (Lipinski definition) is 1. The quantitative estimate of drug-likeness (QED) is 0.408.